The van der Waals surface area contributed by atoms with Crippen molar-refractivity contribution in [2.45, 2.75) is 17.7 Å². The van der Waals surface area contributed by atoms with Crippen LogP contribution in [0, 0.1) is 0 Å². The molecule has 1 saturated heterocycles. The minimum absolute atomic E-state index is 0.0239. The van der Waals surface area contributed by atoms with Crippen molar-refractivity contribution in [2.75, 3.05) is 40.0 Å². The van der Waals surface area contributed by atoms with Gasteiger partial charge in [-0.3, -0.25) is 9.59 Å². The molecule has 11 nitrogen and oxygen atoms in total. The van der Waals surface area contributed by atoms with Gasteiger partial charge in [-0.05, 0) is 29.8 Å². The van der Waals surface area contributed by atoms with E-state index in [1.54, 1.807) is 37.4 Å². The van der Waals surface area contributed by atoms with Crippen LogP contribution in [0.25, 0.3) is 0 Å². The van der Waals surface area contributed by atoms with Gasteiger partial charge in [0, 0.05) is 19.2 Å². The highest BCUT2D eigenvalue weighted by Gasteiger charge is 2.37. The average Bonchev–Trinajstić information content (AvgIpc) is 3.35. The molecule has 34 heavy (non-hydrogen) atoms. The summed E-state index contributed by atoms with van der Waals surface area (Å²) >= 11 is 0. The van der Waals surface area contributed by atoms with Gasteiger partial charge in [0.1, 0.15) is 25.2 Å². The zero-order valence-corrected chi connectivity index (χ0v) is 19.3. The van der Waals surface area contributed by atoms with Gasteiger partial charge < -0.3 is 29.6 Å². The Hall–Kier alpha value is -3.35. The van der Waals surface area contributed by atoms with Gasteiger partial charge in [-0.25, -0.2) is 8.42 Å². The molecule has 0 radical (unpaired) electrons. The maximum Gasteiger partial charge on any atom is 0.309 e. The maximum atomic E-state index is 13.2. The molecule has 1 unspecified atom stereocenters. The molecule has 0 bridgehead atoms. The van der Waals surface area contributed by atoms with Crippen LogP contribution in [0.1, 0.15) is 5.56 Å². The fourth-order valence-electron chi connectivity index (χ4n) is 3.53. The average molecular weight is 492 g/mol. The molecule has 4 rings (SSSR count). The van der Waals surface area contributed by atoms with Crippen molar-refractivity contribution in [1.82, 2.24) is 14.9 Å². The normalized spacial score (nSPS) is 17.7. The standard InChI is InChI=1S/C22H25N3O8S/c1-30-16-4-2-15(3-5-16)13-23-21(26)22(27)24-14-20-25(8-9-33-20)34(28,29)17-6-7-18-19(12-17)32-11-10-31-18/h2-7,12,20H,8-11,13-14H2,1H3,(H,23,26)(H,24,27). The third kappa shape index (κ3) is 5.24. The van der Waals surface area contributed by atoms with Crippen molar-refractivity contribution >= 4 is 21.8 Å². The molecule has 2 heterocycles. The van der Waals surface area contributed by atoms with Crippen molar-refractivity contribution < 1.29 is 37.0 Å². The second-order valence-corrected chi connectivity index (χ2v) is 9.38. The lowest BCUT2D eigenvalue weighted by Crippen LogP contribution is -2.47. The number of fused-ring (bicyclic) bond motifs is 1. The predicted octanol–water partition coefficient (Wildman–Crippen LogP) is 0.246. The SMILES string of the molecule is COc1ccc(CNC(=O)C(=O)NCC2OCCN2S(=O)(=O)c2ccc3c(c2)OCCO3)cc1. The molecule has 2 amide bonds. The van der Waals surface area contributed by atoms with Crippen molar-refractivity contribution in [3.05, 3.63) is 48.0 Å². The number of hydrogen-bond acceptors (Lipinski definition) is 8. The van der Waals surface area contributed by atoms with Crippen LogP contribution in [0.4, 0.5) is 0 Å². The molecule has 2 aromatic carbocycles. The lowest BCUT2D eigenvalue weighted by molar-refractivity contribution is -0.139. The van der Waals surface area contributed by atoms with Gasteiger partial charge in [0.05, 0.1) is 25.2 Å². The van der Waals surface area contributed by atoms with Crippen LogP contribution in [0.5, 0.6) is 17.2 Å². The molecule has 1 atom stereocenters. The second kappa shape index (κ2) is 10.3. The van der Waals surface area contributed by atoms with E-state index in [2.05, 4.69) is 10.6 Å². The lowest BCUT2D eigenvalue weighted by Gasteiger charge is -2.24. The van der Waals surface area contributed by atoms with E-state index in [0.29, 0.717) is 30.5 Å². The van der Waals surface area contributed by atoms with E-state index in [-0.39, 0.29) is 31.1 Å². The van der Waals surface area contributed by atoms with Crippen LogP contribution in [0.15, 0.2) is 47.4 Å². The van der Waals surface area contributed by atoms with Crippen LogP contribution >= 0.6 is 0 Å². The van der Waals surface area contributed by atoms with Gasteiger partial charge in [-0.15, -0.1) is 0 Å². The summed E-state index contributed by atoms with van der Waals surface area (Å²) in [6.07, 6.45) is -0.948. The summed E-state index contributed by atoms with van der Waals surface area (Å²) < 4.78 is 49.0. The lowest BCUT2D eigenvalue weighted by atomic mass is 10.2. The fraction of sp³-hybridized carbons (Fsp3) is 0.364. The number of amides is 2. The minimum atomic E-state index is -3.93. The van der Waals surface area contributed by atoms with Gasteiger partial charge in [0.15, 0.2) is 11.5 Å². The summed E-state index contributed by atoms with van der Waals surface area (Å²) in [5, 5.41) is 4.95. The van der Waals surface area contributed by atoms with E-state index >= 15 is 0 Å². The Morgan fingerprint density at radius 2 is 1.71 bits per heavy atom. The molecule has 2 aliphatic rings. The molecular formula is C22H25N3O8S. The van der Waals surface area contributed by atoms with Gasteiger partial charge in [-0.2, -0.15) is 4.31 Å². The summed E-state index contributed by atoms with van der Waals surface area (Å²) in [5.74, 6) is -0.214. The number of carbonyl (C=O) groups excluding carboxylic acids is 2. The molecule has 2 N–H and O–H groups in total. The van der Waals surface area contributed by atoms with Crippen LogP contribution in [-0.2, 0) is 30.9 Å². The molecule has 182 valence electrons. The van der Waals surface area contributed by atoms with Crippen molar-refractivity contribution in [3.63, 3.8) is 0 Å². The number of ether oxygens (including phenoxy) is 4. The number of hydrogen-bond donors (Lipinski definition) is 2. The van der Waals surface area contributed by atoms with Gasteiger partial charge in [-0.1, -0.05) is 12.1 Å². The summed E-state index contributed by atoms with van der Waals surface area (Å²) in [6.45, 7) is 0.974. The molecule has 0 spiro atoms. The summed E-state index contributed by atoms with van der Waals surface area (Å²) in [4.78, 5) is 24.4. The van der Waals surface area contributed by atoms with E-state index < -0.39 is 28.1 Å². The Bertz CT molecular complexity index is 1150. The smallest absolute Gasteiger partial charge is 0.309 e. The summed E-state index contributed by atoms with van der Waals surface area (Å²) in [6, 6.07) is 11.4. The zero-order valence-electron chi connectivity index (χ0n) is 18.5. The molecule has 2 aliphatic heterocycles. The molecule has 12 heteroatoms. The van der Waals surface area contributed by atoms with Crippen molar-refractivity contribution in [1.29, 1.82) is 0 Å². The highest BCUT2D eigenvalue weighted by atomic mass is 32.2. The molecule has 1 fully saturated rings. The molecule has 0 saturated carbocycles. The summed E-state index contributed by atoms with van der Waals surface area (Å²) in [7, 11) is -2.38. The van der Waals surface area contributed by atoms with Crippen LogP contribution in [0.2, 0.25) is 0 Å². The first-order chi connectivity index (χ1) is 16.4. The Morgan fingerprint density at radius 3 is 2.44 bits per heavy atom. The Labute approximate surface area is 197 Å². The number of rotatable bonds is 7. The first kappa shape index (κ1) is 23.8. The number of carbonyl (C=O) groups is 2. The molecule has 2 aromatic rings. The zero-order chi connectivity index (χ0) is 24.1. The highest BCUT2D eigenvalue weighted by Crippen LogP contribution is 2.34. The largest absolute Gasteiger partial charge is 0.497 e. The van der Waals surface area contributed by atoms with E-state index in [4.69, 9.17) is 18.9 Å². The van der Waals surface area contributed by atoms with Crippen molar-refractivity contribution in [2.24, 2.45) is 0 Å². The molecule has 0 aromatic heterocycles. The van der Waals surface area contributed by atoms with Crippen LogP contribution in [-0.4, -0.2) is 70.8 Å². The van der Waals surface area contributed by atoms with E-state index in [9.17, 15) is 18.0 Å². The molecular weight excluding hydrogens is 466 g/mol. The Balaban J connectivity index is 1.33. The second-order valence-electron chi connectivity index (χ2n) is 7.49. The van der Waals surface area contributed by atoms with E-state index in [0.717, 1.165) is 9.87 Å². The van der Waals surface area contributed by atoms with Crippen LogP contribution < -0.4 is 24.8 Å². The Kier molecular flexibility index (Phi) is 7.20. The topological polar surface area (TPSA) is 132 Å². The van der Waals surface area contributed by atoms with Gasteiger partial charge >= 0.3 is 11.8 Å². The van der Waals surface area contributed by atoms with Gasteiger partial charge in [0.25, 0.3) is 0 Å². The summed E-state index contributed by atoms with van der Waals surface area (Å²) in [5.41, 5.74) is 0.790. The number of nitrogens with one attached hydrogen (secondary N) is 2. The maximum absolute atomic E-state index is 13.2. The minimum Gasteiger partial charge on any atom is -0.497 e. The van der Waals surface area contributed by atoms with Gasteiger partial charge in [0.2, 0.25) is 10.0 Å². The third-order valence-electron chi connectivity index (χ3n) is 5.32. The first-order valence-electron chi connectivity index (χ1n) is 10.6. The first-order valence-corrected chi connectivity index (χ1v) is 12.0. The Morgan fingerprint density at radius 1 is 1.00 bits per heavy atom. The number of sulfonamides is 1. The highest BCUT2D eigenvalue weighted by molar-refractivity contribution is 7.89. The van der Waals surface area contributed by atoms with Crippen LogP contribution in [0.3, 0.4) is 0 Å². The predicted molar refractivity (Wildman–Crippen MR) is 119 cm³/mol. The van der Waals surface area contributed by atoms with Crippen molar-refractivity contribution in [3.8, 4) is 17.2 Å². The number of benzene rings is 2. The van der Waals surface area contributed by atoms with E-state index in [1.807, 2.05) is 0 Å². The molecule has 0 aliphatic carbocycles. The fourth-order valence-corrected chi connectivity index (χ4v) is 5.05. The number of methoxy groups -OCH3 is 1. The number of nitrogens with zero attached hydrogens (tertiary/aromatic N) is 1. The monoisotopic (exact) mass is 491 g/mol. The third-order valence-corrected chi connectivity index (χ3v) is 7.20. The quantitative estimate of drug-likeness (QED) is 0.527. The van der Waals surface area contributed by atoms with E-state index in [1.165, 1.54) is 12.1 Å².